The molecule has 4 nitrogen and oxygen atoms in total. The van der Waals surface area contributed by atoms with Gasteiger partial charge < -0.3 is 15.8 Å². The minimum Gasteiger partial charge on any atom is -0.383 e. The smallest absolute Gasteiger partial charge is 0.240 e. The van der Waals surface area contributed by atoms with E-state index in [0.717, 1.165) is 11.1 Å². The zero-order valence-electron chi connectivity index (χ0n) is 11.6. The molecule has 3 N–H and O–H groups in total. The lowest BCUT2D eigenvalue weighted by molar-refractivity contribution is -0.123. The molecule has 1 amide bonds. The average Bonchev–Trinajstić information content (AvgIpc) is 3.00. The van der Waals surface area contributed by atoms with Crippen LogP contribution in [0.1, 0.15) is 17.2 Å². The Labute approximate surface area is 132 Å². The van der Waals surface area contributed by atoms with Crippen LogP contribution in [-0.2, 0) is 9.53 Å². The number of hydrogen-bond acceptors (Lipinski definition) is 4. The Bertz CT molecular complexity index is 572. The van der Waals surface area contributed by atoms with Crippen molar-refractivity contribution < 1.29 is 9.53 Å². The molecular formula is C15H17ClN2O2S. The van der Waals surface area contributed by atoms with Crippen LogP contribution in [0.25, 0.3) is 0 Å². The van der Waals surface area contributed by atoms with Gasteiger partial charge in [-0.25, -0.2) is 0 Å². The molecule has 2 unspecified atom stereocenters. The zero-order valence-corrected chi connectivity index (χ0v) is 13.2. The molecule has 1 aromatic carbocycles. The Hall–Kier alpha value is -1.40. The van der Waals surface area contributed by atoms with Crippen LogP contribution in [0, 0.1) is 0 Å². The minimum atomic E-state index is -0.691. The molecule has 1 heterocycles. The van der Waals surface area contributed by atoms with Crippen molar-refractivity contribution in [3.8, 4) is 0 Å². The number of amides is 1. The van der Waals surface area contributed by atoms with Crippen LogP contribution in [0.4, 0.5) is 0 Å². The molecule has 1 aromatic heterocycles. The van der Waals surface area contributed by atoms with Crippen molar-refractivity contribution in [1.29, 1.82) is 0 Å². The van der Waals surface area contributed by atoms with Gasteiger partial charge in [0.2, 0.25) is 5.91 Å². The van der Waals surface area contributed by atoms with E-state index < -0.39 is 6.04 Å². The molecule has 0 spiro atoms. The van der Waals surface area contributed by atoms with Crippen molar-refractivity contribution in [2.24, 2.45) is 5.73 Å². The molecule has 0 saturated carbocycles. The summed E-state index contributed by atoms with van der Waals surface area (Å²) < 4.78 is 4.92. The summed E-state index contributed by atoms with van der Waals surface area (Å²) in [6, 6.07) is 8.44. The number of thiophene rings is 1. The Morgan fingerprint density at radius 3 is 2.62 bits per heavy atom. The molecule has 0 saturated heterocycles. The summed E-state index contributed by atoms with van der Waals surface area (Å²) in [7, 11) is 1.52. The summed E-state index contributed by atoms with van der Waals surface area (Å²) >= 11 is 7.50. The van der Waals surface area contributed by atoms with Crippen LogP contribution in [0.5, 0.6) is 0 Å². The fourth-order valence-corrected chi connectivity index (χ4v) is 2.77. The topological polar surface area (TPSA) is 64.3 Å². The summed E-state index contributed by atoms with van der Waals surface area (Å²) in [6.07, 6.45) is 0. The minimum absolute atomic E-state index is 0.183. The van der Waals surface area contributed by atoms with Crippen LogP contribution < -0.4 is 11.1 Å². The monoisotopic (exact) mass is 324 g/mol. The molecule has 0 radical (unpaired) electrons. The lowest BCUT2D eigenvalue weighted by atomic mass is 10.0. The van der Waals surface area contributed by atoms with Crippen LogP contribution in [-0.4, -0.2) is 25.7 Å². The lowest BCUT2D eigenvalue weighted by Gasteiger charge is -2.21. The summed E-state index contributed by atoms with van der Waals surface area (Å²) in [4.78, 5) is 12.1. The van der Waals surface area contributed by atoms with E-state index in [1.54, 1.807) is 23.5 Å². The Balaban J connectivity index is 2.21. The summed E-state index contributed by atoms with van der Waals surface area (Å²) in [5.41, 5.74) is 7.74. The Morgan fingerprint density at radius 2 is 2.05 bits per heavy atom. The number of rotatable bonds is 6. The average molecular weight is 325 g/mol. The highest BCUT2D eigenvalue weighted by Crippen LogP contribution is 2.25. The molecule has 2 aromatic rings. The standard InChI is InChI=1S/C15H17ClN2O2S/c1-20-8-13(17)15(19)18-14(11-6-7-21-9-11)10-2-4-12(16)5-3-10/h2-7,9,13-14H,8,17H2,1H3,(H,18,19). The number of benzene rings is 1. The predicted octanol–water partition coefficient (Wildman–Crippen LogP) is 2.58. The molecule has 0 aliphatic carbocycles. The number of hydrogen-bond donors (Lipinski definition) is 2. The van der Waals surface area contributed by atoms with Crippen molar-refractivity contribution in [2.75, 3.05) is 13.7 Å². The van der Waals surface area contributed by atoms with Gasteiger partial charge in [-0.3, -0.25) is 4.79 Å². The second-order valence-electron chi connectivity index (χ2n) is 4.61. The maximum Gasteiger partial charge on any atom is 0.240 e. The fraction of sp³-hybridized carbons (Fsp3) is 0.267. The Morgan fingerprint density at radius 1 is 1.33 bits per heavy atom. The number of ether oxygens (including phenoxy) is 1. The van der Waals surface area contributed by atoms with Crippen LogP contribution in [0.2, 0.25) is 5.02 Å². The van der Waals surface area contributed by atoms with Crippen molar-refractivity contribution in [2.45, 2.75) is 12.1 Å². The van der Waals surface area contributed by atoms with E-state index in [9.17, 15) is 4.79 Å². The Kier molecular flexibility index (Phi) is 5.76. The van der Waals surface area contributed by atoms with Crippen molar-refractivity contribution in [1.82, 2.24) is 5.32 Å². The molecule has 0 aliphatic rings. The second-order valence-corrected chi connectivity index (χ2v) is 5.83. The number of methoxy groups -OCH3 is 1. The van der Waals surface area contributed by atoms with E-state index >= 15 is 0 Å². The molecule has 0 fully saturated rings. The molecule has 0 bridgehead atoms. The molecule has 2 atom stereocenters. The van der Waals surface area contributed by atoms with Gasteiger partial charge in [-0.05, 0) is 40.1 Å². The quantitative estimate of drug-likeness (QED) is 0.858. The molecular weight excluding hydrogens is 308 g/mol. The molecule has 6 heteroatoms. The van der Waals surface area contributed by atoms with Gasteiger partial charge in [0.25, 0.3) is 0 Å². The van der Waals surface area contributed by atoms with E-state index in [1.165, 1.54) is 7.11 Å². The number of nitrogens with one attached hydrogen (secondary N) is 1. The van der Waals surface area contributed by atoms with E-state index in [-0.39, 0.29) is 18.6 Å². The number of carbonyl (C=O) groups excluding carboxylic acids is 1. The van der Waals surface area contributed by atoms with E-state index in [4.69, 9.17) is 22.1 Å². The second kappa shape index (κ2) is 7.56. The first kappa shape index (κ1) is 16.0. The van der Waals surface area contributed by atoms with E-state index in [0.29, 0.717) is 5.02 Å². The zero-order chi connectivity index (χ0) is 15.2. The van der Waals surface area contributed by atoms with Crippen molar-refractivity contribution in [3.05, 3.63) is 57.2 Å². The number of halogens is 1. The highest BCUT2D eigenvalue weighted by Gasteiger charge is 2.21. The van der Waals surface area contributed by atoms with Crippen LogP contribution >= 0.6 is 22.9 Å². The summed E-state index contributed by atoms with van der Waals surface area (Å²) in [6.45, 7) is 0.183. The third-order valence-corrected chi connectivity index (χ3v) is 4.00. The third kappa shape index (κ3) is 4.28. The first-order valence-electron chi connectivity index (χ1n) is 6.44. The maximum atomic E-state index is 12.1. The van der Waals surface area contributed by atoms with Gasteiger partial charge in [-0.1, -0.05) is 23.7 Å². The van der Waals surface area contributed by atoms with Gasteiger partial charge >= 0.3 is 0 Å². The summed E-state index contributed by atoms with van der Waals surface area (Å²) in [5.74, 6) is -0.247. The van der Waals surface area contributed by atoms with Gasteiger partial charge in [0.05, 0.1) is 12.6 Å². The fourth-order valence-electron chi connectivity index (χ4n) is 1.96. The van der Waals surface area contributed by atoms with Crippen LogP contribution in [0.15, 0.2) is 41.1 Å². The highest BCUT2D eigenvalue weighted by atomic mass is 35.5. The van der Waals surface area contributed by atoms with Crippen molar-refractivity contribution >= 4 is 28.8 Å². The lowest BCUT2D eigenvalue weighted by Crippen LogP contribution is -2.44. The SMILES string of the molecule is COCC(N)C(=O)NC(c1ccc(Cl)cc1)c1ccsc1. The van der Waals surface area contributed by atoms with Crippen LogP contribution in [0.3, 0.4) is 0 Å². The third-order valence-electron chi connectivity index (χ3n) is 3.05. The highest BCUT2D eigenvalue weighted by molar-refractivity contribution is 7.08. The van der Waals surface area contributed by atoms with Gasteiger partial charge in [0.1, 0.15) is 6.04 Å². The molecule has 2 rings (SSSR count). The van der Waals surface area contributed by atoms with E-state index in [1.807, 2.05) is 29.0 Å². The normalized spacial score (nSPS) is 13.7. The largest absolute Gasteiger partial charge is 0.383 e. The molecule has 21 heavy (non-hydrogen) atoms. The van der Waals surface area contributed by atoms with Gasteiger partial charge in [0, 0.05) is 12.1 Å². The number of carbonyl (C=O) groups is 1. The predicted molar refractivity (Wildman–Crippen MR) is 85.6 cm³/mol. The number of nitrogens with two attached hydrogens (primary N) is 1. The van der Waals surface area contributed by atoms with E-state index in [2.05, 4.69) is 5.32 Å². The first-order valence-corrected chi connectivity index (χ1v) is 7.76. The van der Waals surface area contributed by atoms with Gasteiger partial charge in [-0.2, -0.15) is 11.3 Å². The van der Waals surface area contributed by atoms with Gasteiger partial charge in [0.15, 0.2) is 0 Å². The molecule has 0 aliphatic heterocycles. The first-order chi connectivity index (χ1) is 10.1. The van der Waals surface area contributed by atoms with Crippen molar-refractivity contribution in [3.63, 3.8) is 0 Å². The maximum absolute atomic E-state index is 12.1. The summed E-state index contributed by atoms with van der Waals surface area (Å²) in [5, 5.41) is 7.59. The molecule has 112 valence electrons. The van der Waals surface area contributed by atoms with Gasteiger partial charge in [-0.15, -0.1) is 0 Å².